The van der Waals surface area contributed by atoms with Gasteiger partial charge in [-0.3, -0.25) is 0 Å². The summed E-state index contributed by atoms with van der Waals surface area (Å²) in [5.74, 6) is 0. The molecule has 0 bridgehead atoms. The van der Waals surface area contributed by atoms with Crippen molar-refractivity contribution in [2.24, 2.45) is 0 Å². The van der Waals surface area contributed by atoms with Crippen LogP contribution in [0, 0.1) is 0 Å². The van der Waals surface area contributed by atoms with Crippen LogP contribution in [0.1, 0.15) is 6.92 Å². The van der Waals surface area contributed by atoms with Gasteiger partial charge in [0.1, 0.15) is 0 Å². The number of aliphatic hydroxyl groups excluding tert-OH is 1. The van der Waals surface area contributed by atoms with Gasteiger partial charge in [0.15, 0.2) is 0 Å². The summed E-state index contributed by atoms with van der Waals surface area (Å²) in [6.45, 7) is 1.59. The Labute approximate surface area is 56.9 Å². The van der Waals surface area contributed by atoms with E-state index in [9.17, 15) is 0 Å². The van der Waals surface area contributed by atoms with E-state index in [1.54, 1.807) is 6.92 Å². The normalized spacial score (nSPS) is 12.4. The molecule has 0 spiro atoms. The van der Waals surface area contributed by atoms with E-state index in [0.29, 0.717) is 0 Å². The fourth-order valence-electron chi connectivity index (χ4n) is 0. The summed E-state index contributed by atoms with van der Waals surface area (Å²) >= 11 is 3.52. The van der Waals surface area contributed by atoms with Gasteiger partial charge in [-0.05, 0) is 28.1 Å². The van der Waals surface area contributed by atoms with E-state index in [1.165, 1.54) is 0 Å². The zero-order valence-electron chi connectivity index (χ0n) is 5.92. The second-order valence-corrected chi connectivity index (χ2v) is 2.72. The Morgan fingerprint density at radius 2 is 1.38 bits per heavy atom. The van der Waals surface area contributed by atoms with Crippen LogP contribution < -0.4 is 0 Å². The van der Waals surface area contributed by atoms with Crippen molar-refractivity contribution in [1.29, 1.82) is 0 Å². The Kier molecular flexibility index (Phi) is 10.1. The zero-order chi connectivity index (χ0) is 7.15. The van der Waals surface area contributed by atoms with Gasteiger partial charge in [-0.1, -0.05) is 0 Å². The summed E-state index contributed by atoms with van der Waals surface area (Å²) < 4.78 is 0. The smallest absolute Gasteiger partial charge is 0.0936 e. The lowest BCUT2D eigenvalue weighted by Gasteiger charge is -1.90. The van der Waals surface area contributed by atoms with Crippen LogP contribution in [0.15, 0.2) is 0 Å². The first-order valence-electron chi connectivity index (χ1n) is 2.44. The monoisotopic (exact) mass is 137 g/mol. The quantitative estimate of drug-likeness (QED) is 0.374. The molecule has 1 atom stereocenters. The third-order valence-electron chi connectivity index (χ3n) is 0. The molecule has 0 aromatic carbocycles. The Morgan fingerprint density at radius 1 is 1.38 bits per heavy atom. The fourth-order valence-corrected chi connectivity index (χ4v) is 0. The lowest BCUT2D eigenvalue weighted by atomic mass is 10.9. The predicted octanol–water partition coefficient (Wildman–Crippen LogP) is 0.432. The van der Waals surface area contributed by atoms with Crippen LogP contribution >= 0.6 is 12.6 Å². The van der Waals surface area contributed by atoms with Crippen LogP contribution in [0.2, 0.25) is 0 Å². The number of hydrogen-bond acceptors (Lipinski definition) is 3. The molecule has 0 aromatic heterocycles. The summed E-state index contributed by atoms with van der Waals surface area (Å²) in [6.07, 6.45) is 0. The minimum atomic E-state index is -0.472. The lowest BCUT2D eigenvalue weighted by Crippen LogP contribution is -1.99. The van der Waals surface area contributed by atoms with Crippen molar-refractivity contribution in [2.75, 3.05) is 21.1 Å². The van der Waals surface area contributed by atoms with Crippen LogP contribution in [0.25, 0.3) is 0 Å². The summed E-state index contributed by atoms with van der Waals surface area (Å²) in [6, 6.07) is 0. The summed E-state index contributed by atoms with van der Waals surface area (Å²) in [7, 11) is 6.00. The summed E-state index contributed by atoms with van der Waals surface area (Å²) in [4.78, 5) is 2.00. The van der Waals surface area contributed by atoms with Crippen LogP contribution in [-0.4, -0.2) is 36.6 Å². The molecular formula is C5H15NOS. The first-order valence-corrected chi connectivity index (χ1v) is 2.95. The van der Waals surface area contributed by atoms with Crippen LogP contribution in [0.3, 0.4) is 0 Å². The number of aliphatic hydroxyl groups is 1. The van der Waals surface area contributed by atoms with E-state index in [1.807, 2.05) is 26.0 Å². The Balaban J connectivity index is 0. The van der Waals surface area contributed by atoms with E-state index in [4.69, 9.17) is 5.11 Å². The van der Waals surface area contributed by atoms with E-state index in [2.05, 4.69) is 12.6 Å². The van der Waals surface area contributed by atoms with Gasteiger partial charge in [-0.2, -0.15) is 0 Å². The molecule has 52 valence electrons. The van der Waals surface area contributed by atoms with Gasteiger partial charge in [0.25, 0.3) is 0 Å². The predicted molar refractivity (Wildman–Crippen MR) is 40.3 cm³/mol. The SMILES string of the molecule is CC(O)S.CN(C)C. The van der Waals surface area contributed by atoms with E-state index >= 15 is 0 Å². The van der Waals surface area contributed by atoms with Gasteiger partial charge in [-0.25, -0.2) is 0 Å². The third-order valence-corrected chi connectivity index (χ3v) is 0. The molecule has 0 heterocycles. The average Bonchev–Trinajstić information content (AvgIpc) is 1.25. The molecule has 0 saturated heterocycles. The maximum absolute atomic E-state index is 7.92. The van der Waals surface area contributed by atoms with E-state index in [0.717, 1.165) is 0 Å². The minimum absolute atomic E-state index is 0.472. The van der Waals surface area contributed by atoms with Gasteiger partial charge in [0.05, 0.1) is 5.44 Å². The topological polar surface area (TPSA) is 23.5 Å². The molecule has 8 heavy (non-hydrogen) atoms. The third kappa shape index (κ3) is 2390. The van der Waals surface area contributed by atoms with Gasteiger partial charge in [-0.15, -0.1) is 12.6 Å². The zero-order valence-corrected chi connectivity index (χ0v) is 6.81. The minimum Gasteiger partial charge on any atom is -0.383 e. The molecular weight excluding hydrogens is 122 g/mol. The fraction of sp³-hybridized carbons (Fsp3) is 1.00. The van der Waals surface area contributed by atoms with Crippen molar-refractivity contribution >= 4 is 12.6 Å². The summed E-state index contributed by atoms with van der Waals surface area (Å²) in [5.41, 5.74) is -0.472. The van der Waals surface area contributed by atoms with Gasteiger partial charge in [0, 0.05) is 0 Å². The Bertz CT molecular complexity index is 27.9. The standard InChI is InChI=1S/C3H9N.C2H6OS/c1-4(2)3;1-2(3)4/h1-3H3;2-4H,1H3. The highest BCUT2D eigenvalue weighted by molar-refractivity contribution is 7.80. The average molecular weight is 137 g/mol. The number of thiol groups is 1. The molecule has 0 fully saturated rings. The number of nitrogens with zero attached hydrogens (tertiary/aromatic N) is 1. The van der Waals surface area contributed by atoms with Crippen molar-refractivity contribution in [3.63, 3.8) is 0 Å². The Morgan fingerprint density at radius 3 is 1.38 bits per heavy atom. The molecule has 0 aliphatic rings. The molecule has 0 aliphatic carbocycles. The molecule has 2 nitrogen and oxygen atoms in total. The van der Waals surface area contributed by atoms with Crippen LogP contribution in [-0.2, 0) is 0 Å². The molecule has 1 N–H and O–H groups in total. The molecule has 3 heteroatoms. The van der Waals surface area contributed by atoms with Crippen molar-refractivity contribution in [2.45, 2.75) is 12.4 Å². The lowest BCUT2D eigenvalue weighted by molar-refractivity contribution is 0.286. The maximum Gasteiger partial charge on any atom is 0.0936 e. The van der Waals surface area contributed by atoms with E-state index < -0.39 is 5.44 Å². The van der Waals surface area contributed by atoms with Crippen molar-refractivity contribution in [3.8, 4) is 0 Å². The van der Waals surface area contributed by atoms with Crippen LogP contribution in [0.4, 0.5) is 0 Å². The first kappa shape index (κ1) is 11.1. The van der Waals surface area contributed by atoms with E-state index in [-0.39, 0.29) is 0 Å². The van der Waals surface area contributed by atoms with Gasteiger partial charge in [0.2, 0.25) is 0 Å². The highest BCUT2D eigenvalue weighted by Gasteiger charge is 1.70. The second-order valence-electron chi connectivity index (χ2n) is 1.97. The number of hydrogen-bond donors (Lipinski definition) is 2. The van der Waals surface area contributed by atoms with Crippen molar-refractivity contribution in [1.82, 2.24) is 4.90 Å². The Hall–Kier alpha value is 0.270. The maximum atomic E-state index is 7.92. The highest BCUT2D eigenvalue weighted by Crippen LogP contribution is 1.78. The molecule has 0 rings (SSSR count). The molecule has 0 saturated carbocycles. The number of rotatable bonds is 0. The molecule has 0 radical (unpaired) electrons. The van der Waals surface area contributed by atoms with Crippen molar-refractivity contribution < 1.29 is 5.11 Å². The highest BCUT2D eigenvalue weighted by atomic mass is 32.1. The molecule has 0 aromatic rings. The largest absolute Gasteiger partial charge is 0.383 e. The van der Waals surface area contributed by atoms with Crippen molar-refractivity contribution in [3.05, 3.63) is 0 Å². The molecule has 0 aliphatic heterocycles. The summed E-state index contributed by atoms with van der Waals surface area (Å²) in [5, 5.41) is 7.92. The van der Waals surface area contributed by atoms with Gasteiger partial charge < -0.3 is 10.0 Å². The molecule has 1 unspecified atom stereocenters. The van der Waals surface area contributed by atoms with Crippen LogP contribution in [0.5, 0.6) is 0 Å². The van der Waals surface area contributed by atoms with Gasteiger partial charge >= 0.3 is 0 Å². The second kappa shape index (κ2) is 7.27. The molecule has 0 amide bonds. The first-order chi connectivity index (χ1) is 3.46.